The van der Waals surface area contributed by atoms with Crippen LogP contribution >= 0.6 is 0 Å². The predicted molar refractivity (Wildman–Crippen MR) is 67.5 cm³/mol. The molecular formula is C12H16N4O2. The Morgan fingerprint density at radius 2 is 2.22 bits per heavy atom. The van der Waals surface area contributed by atoms with Crippen molar-refractivity contribution >= 4 is 5.69 Å². The van der Waals surface area contributed by atoms with Crippen molar-refractivity contribution in [2.75, 3.05) is 25.6 Å². The van der Waals surface area contributed by atoms with Gasteiger partial charge in [0.2, 0.25) is 5.88 Å². The predicted octanol–water partition coefficient (Wildman–Crippen LogP) is 1.44. The number of pyridine rings is 1. The number of nitrogens with zero attached hydrogens (tertiary/aromatic N) is 2. The van der Waals surface area contributed by atoms with Crippen molar-refractivity contribution in [2.24, 2.45) is 0 Å². The normalized spacial score (nSPS) is 10.3. The van der Waals surface area contributed by atoms with Crippen LogP contribution in [0.15, 0.2) is 30.7 Å². The van der Waals surface area contributed by atoms with Gasteiger partial charge < -0.3 is 19.8 Å². The van der Waals surface area contributed by atoms with Gasteiger partial charge in [0.1, 0.15) is 12.4 Å². The highest BCUT2D eigenvalue weighted by Gasteiger charge is 1.98. The van der Waals surface area contributed by atoms with Gasteiger partial charge in [0, 0.05) is 25.6 Å². The van der Waals surface area contributed by atoms with Gasteiger partial charge in [-0.05, 0) is 6.07 Å². The molecule has 0 saturated heterocycles. The summed E-state index contributed by atoms with van der Waals surface area (Å²) in [6, 6.07) is 3.73. The lowest BCUT2D eigenvalue weighted by Gasteiger charge is -2.06. The van der Waals surface area contributed by atoms with E-state index in [4.69, 9.17) is 9.47 Å². The van der Waals surface area contributed by atoms with Crippen LogP contribution in [0.2, 0.25) is 0 Å². The largest absolute Gasteiger partial charge is 0.475 e. The Hall–Kier alpha value is -2.08. The highest BCUT2D eigenvalue weighted by molar-refractivity contribution is 5.41. The number of H-pyrrole nitrogens is 1. The van der Waals surface area contributed by atoms with Crippen molar-refractivity contribution in [1.29, 1.82) is 0 Å². The molecule has 0 saturated carbocycles. The average Bonchev–Trinajstić information content (AvgIpc) is 2.91. The summed E-state index contributed by atoms with van der Waals surface area (Å²) >= 11 is 0. The molecule has 0 aliphatic rings. The van der Waals surface area contributed by atoms with Crippen LogP contribution in [0.3, 0.4) is 0 Å². The number of methoxy groups -OCH3 is 1. The number of aromatic amines is 1. The molecule has 2 N–H and O–H groups in total. The minimum atomic E-state index is 0.503. The van der Waals surface area contributed by atoms with E-state index in [1.165, 1.54) is 0 Å². The summed E-state index contributed by atoms with van der Waals surface area (Å²) in [5.74, 6) is 1.48. The average molecular weight is 248 g/mol. The van der Waals surface area contributed by atoms with E-state index in [2.05, 4.69) is 20.3 Å². The molecule has 2 heterocycles. The van der Waals surface area contributed by atoms with Crippen LogP contribution in [-0.4, -0.2) is 35.3 Å². The zero-order valence-corrected chi connectivity index (χ0v) is 10.2. The Morgan fingerprint density at radius 3 is 2.89 bits per heavy atom. The van der Waals surface area contributed by atoms with Gasteiger partial charge in [-0.1, -0.05) is 0 Å². The molecule has 96 valence electrons. The number of hydrogen-bond acceptors (Lipinski definition) is 5. The monoisotopic (exact) mass is 248 g/mol. The third kappa shape index (κ3) is 3.74. The highest BCUT2D eigenvalue weighted by Crippen LogP contribution is 2.11. The number of anilines is 1. The standard InChI is InChI=1S/C12H16N4O2/c1-17-6-7-18-12-3-2-10(8-16-12)15-9-11-13-4-5-14-11/h2-5,8,15H,6-7,9H2,1H3,(H,13,14). The molecule has 2 aromatic heterocycles. The summed E-state index contributed by atoms with van der Waals surface area (Å²) in [5.41, 5.74) is 0.922. The fourth-order valence-corrected chi connectivity index (χ4v) is 1.38. The van der Waals surface area contributed by atoms with E-state index >= 15 is 0 Å². The maximum Gasteiger partial charge on any atom is 0.213 e. The third-order valence-electron chi connectivity index (χ3n) is 2.29. The summed E-state index contributed by atoms with van der Waals surface area (Å²) in [4.78, 5) is 11.3. The van der Waals surface area contributed by atoms with Gasteiger partial charge in [0.25, 0.3) is 0 Å². The molecule has 0 bridgehead atoms. The van der Waals surface area contributed by atoms with E-state index in [9.17, 15) is 0 Å². The van der Waals surface area contributed by atoms with Crippen molar-refractivity contribution in [3.63, 3.8) is 0 Å². The first kappa shape index (κ1) is 12.4. The number of rotatable bonds is 7. The van der Waals surface area contributed by atoms with Crippen molar-refractivity contribution in [2.45, 2.75) is 6.54 Å². The van der Waals surface area contributed by atoms with Crippen molar-refractivity contribution in [3.8, 4) is 5.88 Å². The van der Waals surface area contributed by atoms with Crippen molar-refractivity contribution in [1.82, 2.24) is 15.0 Å². The Labute approximate surface area is 105 Å². The SMILES string of the molecule is COCCOc1ccc(NCc2ncc[nH]2)cn1. The van der Waals surface area contributed by atoms with E-state index in [1.807, 2.05) is 12.1 Å². The lowest BCUT2D eigenvalue weighted by Crippen LogP contribution is -2.06. The molecule has 2 rings (SSSR count). The van der Waals surface area contributed by atoms with E-state index in [1.54, 1.807) is 25.7 Å². The topological polar surface area (TPSA) is 72.1 Å². The first-order valence-electron chi connectivity index (χ1n) is 5.68. The summed E-state index contributed by atoms with van der Waals surface area (Å²) in [6.07, 6.45) is 5.25. The molecule has 0 aromatic carbocycles. The quantitative estimate of drug-likeness (QED) is 0.725. The van der Waals surface area contributed by atoms with Crippen molar-refractivity contribution in [3.05, 3.63) is 36.5 Å². The van der Waals surface area contributed by atoms with Gasteiger partial charge in [0.15, 0.2) is 0 Å². The van der Waals surface area contributed by atoms with Gasteiger partial charge in [0.05, 0.1) is 25.0 Å². The fourth-order valence-electron chi connectivity index (χ4n) is 1.38. The number of hydrogen-bond donors (Lipinski definition) is 2. The molecule has 0 unspecified atom stereocenters. The minimum Gasteiger partial charge on any atom is -0.475 e. The Kier molecular flexibility index (Phi) is 4.54. The Bertz CT molecular complexity index is 442. The summed E-state index contributed by atoms with van der Waals surface area (Å²) in [6.45, 7) is 1.70. The molecule has 0 radical (unpaired) electrons. The van der Waals surface area contributed by atoms with E-state index < -0.39 is 0 Å². The number of imidazole rings is 1. The van der Waals surface area contributed by atoms with Gasteiger partial charge in [-0.25, -0.2) is 9.97 Å². The Morgan fingerprint density at radius 1 is 1.28 bits per heavy atom. The first-order chi connectivity index (χ1) is 8.88. The molecule has 0 spiro atoms. The van der Waals surface area contributed by atoms with Gasteiger partial charge in [-0.15, -0.1) is 0 Å². The molecule has 0 amide bonds. The molecule has 6 nitrogen and oxygen atoms in total. The highest BCUT2D eigenvalue weighted by atomic mass is 16.5. The van der Waals surface area contributed by atoms with E-state index in [0.717, 1.165) is 11.5 Å². The van der Waals surface area contributed by atoms with Crippen LogP contribution in [0.1, 0.15) is 5.82 Å². The summed E-state index contributed by atoms with van der Waals surface area (Å²) in [5, 5.41) is 3.21. The van der Waals surface area contributed by atoms with E-state index in [0.29, 0.717) is 25.6 Å². The van der Waals surface area contributed by atoms with Crippen LogP contribution in [0.25, 0.3) is 0 Å². The third-order valence-corrected chi connectivity index (χ3v) is 2.29. The molecule has 6 heteroatoms. The smallest absolute Gasteiger partial charge is 0.213 e. The van der Waals surface area contributed by atoms with Crippen molar-refractivity contribution < 1.29 is 9.47 Å². The summed E-state index contributed by atoms with van der Waals surface area (Å²) < 4.78 is 10.3. The molecule has 2 aromatic rings. The number of ether oxygens (including phenoxy) is 2. The van der Waals surface area contributed by atoms with Crippen LogP contribution < -0.4 is 10.1 Å². The second-order valence-electron chi connectivity index (χ2n) is 3.62. The maximum atomic E-state index is 5.37. The molecular weight excluding hydrogens is 232 g/mol. The van der Waals surface area contributed by atoms with Gasteiger partial charge in [-0.2, -0.15) is 0 Å². The van der Waals surface area contributed by atoms with Crippen LogP contribution in [-0.2, 0) is 11.3 Å². The lowest BCUT2D eigenvalue weighted by atomic mass is 10.4. The fraction of sp³-hybridized carbons (Fsp3) is 0.333. The van der Waals surface area contributed by atoms with Gasteiger partial charge >= 0.3 is 0 Å². The first-order valence-corrected chi connectivity index (χ1v) is 5.68. The van der Waals surface area contributed by atoms with E-state index in [-0.39, 0.29) is 0 Å². The Balaban J connectivity index is 1.80. The van der Waals surface area contributed by atoms with Crippen LogP contribution in [0.4, 0.5) is 5.69 Å². The summed E-state index contributed by atoms with van der Waals surface area (Å²) in [7, 11) is 1.64. The maximum absolute atomic E-state index is 5.37. The van der Waals surface area contributed by atoms with Crippen LogP contribution in [0.5, 0.6) is 5.88 Å². The lowest BCUT2D eigenvalue weighted by molar-refractivity contribution is 0.144. The molecule has 0 aliphatic heterocycles. The van der Waals surface area contributed by atoms with Gasteiger partial charge in [-0.3, -0.25) is 0 Å². The van der Waals surface area contributed by atoms with Crippen LogP contribution in [0, 0.1) is 0 Å². The molecule has 0 atom stereocenters. The molecule has 0 fully saturated rings. The minimum absolute atomic E-state index is 0.503. The zero-order chi connectivity index (χ0) is 12.6. The number of aromatic nitrogens is 3. The second-order valence-corrected chi connectivity index (χ2v) is 3.62. The zero-order valence-electron chi connectivity index (χ0n) is 10.2. The molecule has 18 heavy (non-hydrogen) atoms. The second kappa shape index (κ2) is 6.61. The molecule has 0 aliphatic carbocycles. The number of nitrogens with one attached hydrogen (secondary N) is 2.